The third kappa shape index (κ3) is 12.2. The van der Waals surface area contributed by atoms with E-state index in [0.29, 0.717) is 56.9 Å². The van der Waals surface area contributed by atoms with Crippen molar-refractivity contribution >= 4 is 11.8 Å². The number of Topliss-reactive ketones (excluding diaryl/α,β-unsaturated/α-hetero) is 1. The Morgan fingerprint density at radius 1 is 0.634 bits per heavy atom. The molecule has 22 heteroatoms. The van der Waals surface area contributed by atoms with Gasteiger partial charge in [-0.3, -0.25) is 4.79 Å². The lowest BCUT2D eigenvalue weighted by atomic mass is 9.45. The van der Waals surface area contributed by atoms with E-state index in [-0.39, 0.29) is 41.7 Å². The lowest BCUT2D eigenvalue weighted by Gasteiger charge is -2.63. The third-order valence-corrected chi connectivity index (χ3v) is 20.9. The van der Waals surface area contributed by atoms with Gasteiger partial charge in [-0.2, -0.15) is 0 Å². The summed E-state index contributed by atoms with van der Waals surface area (Å²) >= 11 is 0. The maximum Gasteiger partial charge on any atom is 0.333 e. The molecule has 0 radical (unpaired) electrons. The number of hydrogen-bond acceptors (Lipinski definition) is 22. The van der Waals surface area contributed by atoms with E-state index in [0.717, 1.165) is 12.8 Å². The Morgan fingerprint density at radius 2 is 1.11 bits per heavy atom. The van der Waals surface area contributed by atoms with Gasteiger partial charge in [0.25, 0.3) is 0 Å². The number of carbonyl (C=O) groups is 2. The number of esters is 1. The van der Waals surface area contributed by atoms with Crippen LogP contribution in [0.4, 0.5) is 0 Å². The summed E-state index contributed by atoms with van der Waals surface area (Å²) in [5.74, 6) is -0.795. The minimum Gasteiger partial charge on any atom is -0.458 e. The van der Waals surface area contributed by atoms with Crippen LogP contribution in [0.25, 0.3) is 0 Å². The van der Waals surface area contributed by atoms with Crippen molar-refractivity contribution in [2.45, 2.75) is 280 Å². The van der Waals surface area contributed by atoms with E-state index in [2.05, 4.69) is 13.0 Å². The lowest BCUT2D eigenvalue weighted by molar-refractivity contribution is -0.358. The Labute approximate surface area is 483 Å². The van der Waals surface area contributed by atoms with Crippen molar-refractivity contribution in [3.8, 4) is 0 Å². The van der Waals surface area contributed by atoms with Crippen LogP contribution in [-0.2, 0) is 80.6 Å². The highest BCUT2D eigenvalue weighted by Crippen LogP contribution is 2.69. The Bertz CT molecular complexity index is 2230. The van der Waals surface area contributed by atoms with Gasteiger partial charge in [-0.05, 0) is 111 Å². The first-order valence-corrected chi connectivity index (χ1v) is 30.0. The summed E-state index contributed by atoms with van der Waals surface area (Å²) in [4.78, 5) is 26.6. The number of rotatable bonds is 18. The van der Waals surface area contributed by atoms with Gasteiger partial charge < -0.3 is 96.6 Å². The van der Waals surface area contributed by atoms with Crippen molar-refractivity contribution in [1.82, 2.24) is 0 Å². The largest absolute Gasteiger partial charge is 0.458 e. The van der Waals surface area contributed by atoms with Crippen LogP contribution in [0.15, 0.2) is 23.3 Å². The summed E-state index contributed by atoms with van der Waals surface area (Å²) < 4.78 is 94.6. The molecule has 22 nitrogen and oxygen atoms in total. The van der Waals surface area contributed by atoms with E-state index in [1.54, 1.807) is 48.2 Å². The molecule has 0 aromatic rings. The van der Waals surface area contributed by atoms with Crippen molar-refractivity contribution < 1.29 is 106 Å². The van der Waals surface area contributed by atoms with Crippen molar-refractivity contribution in [3.63, 3.8) is 0 Å². The average Bonchev–Trinajstić information content (AvgIpc) is 1.46. The van der Waals surface area contributed by atoms with Crippen LogP contribution in [0.3, 0.4) is 0 Å². The average molecular weight is 1170 g/mol. The lowest BCUT2D eigenvalue weighted by Crippen LogP contribution is -2.66. The minimum atomic E-state index is -1.60. The van der Waals surface area contributed by atoms with Gasteiger partial charge in [-0.1, -0.05) is 31.6 Å². The topological polar surface area (TPSA) is 274 Å². The Balaban J connectivity index is 0.764. The van der Waals surface area contributed by atoms with E-state index in [9.17, 15) is 35.1 Å². The zero-order valence-corrected chi connectivity index (χ0v) is 50.3. The Morgan fingerprint density at radius 3 is 1.56 bits per heavy atom. The molecular weight excluding hydrogens is 1070 g/mol. The van der Waals surface area contributed by atoms with Crippen molar-refractivity contribution in [2.24, 2.45) is 28.6 Å². The molecule has 0 aromatic heterocycles. The Hall–Kier alpha value is -2.14. The first kappa shape index (κ1) is 64.3. The summed E-state index contributed by atoms with van der Waals surface area (Å²) in [5, 5.41) is 53.8. The normalized spacial score (nSPS) is 49.9. The van der Waals surface area contributed by atoms with Crippen LogP contribution in [0.2, 0.25) is 0 Å². The fraction of sp³-hybridized carbons (Fsp3) is 0.900. The van der Waals surface area contributed by atoms with E-state index in [1.165, 1.54) is 12.7 Å². The molecule has 9 rings (SSSR count). The molecule has 468 valence electrons. The molecule has 8 fully saturated rings. The summed E-state index contributed by atoms with van der Waals surface area (Å²) in [6.07, 6.45) is -6.79. The molecule has 9 aliphatic rings. The fourth-order valence-corrected chi connectivity index (χ4v) is 16.0. The van der Waals surface area contributed by atoms with Crippen molar-refractivity contribution in [1.29, 1.82) is 0 Å². The van der Waals surface area contributed by atoms with Crippen molar-refractivity contribution in [2.75, 3.05) is 35.0 Å². The molecule has 5 N–H and O–H groups in total. The molecule has 29 atom stereocenters. The number of allylic oxidation sites excluding steroid dienone is 2. The number of aliphatic hydroxyl groups is 5. The van der Waals surface area contributed by atoms with Crippen molar-refractivity contribution in [3.05, 3.63) is 23.3 Å². The van der Waals surface area contributed by atoms with Gasteiger partial charge in [0.1, 0.15) is 60.7 Å². The molecule has 3 saturated carbocycles. The number of aliphatic hydroxyl groups excluding tert-OH is 4. The van der Waals surface area contributed by atoms with Gasteiger partial charge in [-0.25, -0.2) is 4.79 Å². The highest BCUT2D eigenvalue weighted by atomic mass is 16.8. The summed E-state index contributed by atoms with van der Waals surface area (Å²) in [7, 11) is 6.43. The van der Waals surface area contributed by atoms with Crippen LogP contribution >= 0.6 is 0 Å². The van der Waals surface area contributed by atoms with Gasteiger partial charge in [0.15, 0.2) is 31.5 Å². The molecule has 82 heavy (non-hydrogen) atoms. The van der Waals surface area contributed by atoms with Crippen LogP contribution in [0, 0.1) is 28.6 Å². The van der Waals surface area contributed by atoms with E-state index in [4.69, 9.17) is 71.1 Å². The van der Waals surface area contributed by atoms with Crippen LogP contribution in [-0.4, -0.2) is 219 Å². The molecule has 0 aromatic carbocycles. The number of methoxy groups -OCH3 is 4. The van der Waals surface area contributed by atoms with E-state index in [1.807, 2.05) is 34.6 Å². The van der Waals surface area contributed by atoms with Gasteiger partial charge in [-0.15, -0.1) is 0 Å². The molecular formula is C60H96O22. The molecule has 5 heterocycles. The predicted molar refractivity (Wildman–Crippen MR) is 289 cm³/mol. The second-order valence-corrected chi connectivity index (χ2v) is 25.3. The van der Waals surface area contributed by atoms with Crippen LogP contribution < -0.4 is 0 Å². The zero-order valence-electron chi connectivity index (χ0n) is 50.3. The summed E-state index contributed by atoms with van der Waals surface area (Å²) in [5.41, 5.74) is -0.516. The minimum absolute atomic E-state index is 0.0308. The number of carbonyl (C=O) groups excluding carboxylic acids is 2. The van der Waals surface area contributed by atoms with E-state index >= 15 is 0 Å². The molecule has 0 spiro atoms. The number of ether oxygens (including phenoxy) is 15. The monoisotopic (exact) mass is 1170 g/mol. The third-order valence-electron chi connectivity index (χ3n) is 20.9. The molecule has 5 saturated heterocycles. The molecule has 4 aliphatic carbocycles. The quantitative estimate of drug-likeness (QED) is 0.0735. The SMILES string of the molecule is C/C=C(\C)C(=O)O[C@@H]1C[C@H]2[C@@H](CC=C3C[C@@H](O[C@H]4C[C@H](OC)[C@H](O[C@H]5C[C@H](OC)[C@H](O[C@H]6C[C@@H](OC)[C@H](O[C@H]7C[C@H](OC)[C@H](O[C@@H]8O[C@H](CO)[C@@H](O)[C@H](O)[C@H]8O)[C@@H](C)O7)[C@@H](C)O6)[C@@H](C)O5)[C@@H](C)O4)CC[C@@]32C)[C@@]2(O)CC[C@H](C(C)=O)[C@@]12C. The smallest absolute Gasteiger partial charge is 0.333 e. The maximum atomic E-state index is 13.4. The second kappa shape index (κ2) is 26.3. The van der Waals surface area contributed by atoms with E-state index < -0.39 is 159 Å². The molecule has 0 bridgehead atoms. The molecule has 5 aliphatic heterocycles. The van der Waals surface area contributed by atoms with Gasteiger partial charge >= 0.3 is 5.97 Å². The zero-order chi connectivity index (χ0) is 59.3. The van der Waals surface area contributed by atoms with Gasteiger partial charge in [0.05, 0.1) is 67.1 Å². The summed E-state index contributed by atoms with van der Waals surface area (Å²) in [6.45, 7) is 16.4. The predicted octanol–water partition coefficient (Wildman–Crippen LogP) is 4.08. The number of ketones is 1. The first-order chi connectivity index (χ1) is 39.0. The number of hydrogen-bond donors (Lipinski definition) is 5. The maximum absolute atomic E-state index is 13.4. The second-order valence-electron chi connectivity index (χ2n) is 25.3. The molecule has 0 amide bonds. The van der Waals surface area contributed by atoms with Crippen LogP contribution in [0.1, 0.15) is 133 Å². The standard InChI is InChI=1S/C60H96O22/c1-14-28(2)56(66)78-44-22-38-37(60(67)20-18-36(29(3)62)59(44,60)9)16-15-34-21-35(17-19-58(34,38)8)76-45-23-39(68-10)52(30(4)72-45)79-46-24-40(69-11)53(31(5)73-46)80-47-25-41(70-12)54(32(6)74-47)81-48-26-42(71-13)55(33(7)75-48)82-57-51(65)50(64)49(63)43(27-61)77-57/h14-15,30-33,35-55,57,61,63-65,67H,16-27H2,1-13H3/b28-14+/t30-,31-,32-,33-,35+,36-,37-,38+,39+,40+,41-,42+,43-,44-,45+,46+,47+,48+,49-,50+,51-,52-,53-,54-,55-,57+,58+,59+,60+/m1/s1. The highest BCUT2D eigenvalue weighted by Gasteiger charge is 2.71. The highest BCUT2D eigenvalue weighted by molar-refractivity contribution is 5.88. The number of fused-ring (bicyclic) bond motifs is 5. The first-order valence-electron chi connectivity index (χ1n) is 30.0. The van der Waals surface area contributed by atoms with Crippen LogP contribution in [0.5, 0.6) is 0 Å². The molecule has 0 unspecified atom stereocenters. The van der Waals surface area contributed by atoms with Gasteiger partial charge in [0, 0.05) is 71.0 Å². The Kier molecular flexibility index (Phi) is 20.6. The van der Waals surface area contributed by atoms with Gasteiger partial charge in [0.2, 0.25) is 0 Å². The summed E-state index contributed by atoms with van der Waals surface area (Å²) in [6, 6.07) is 0. The fourth-order valence-electron chi connectivity index (χ4n) is 16.0.